The number of piperidine rings is 2. The molecule has 2 aliphatic rings. The summed E-state index contributed by atoms with van der Waals surface area (Å²) in [5.74, 6) is 1.16. The number of nitrogens with two attached hydrogens (primary N) is 1. The third-order valence-corrected chi connectivity index (χ3v) is 7.86. The van der Waals surface area contributed by atoms with Crippen LogP contribution in [0.2, 0.25) is 0 Å². The van der Waals surface area contributed by atoms with Gasteiger partial charge >= 0.3 is 5.69 Å². The zero-order valence-corrected chi connectivity index (χ0v) is 25.1. The molecule has 2 aromatic rings. The quantitative estimate of drug-likeness (QED) is 0.267. The molecule has 222 valence electrons. The van der Waals surface area contributed by atoms with Gasteiger partial charge in [-0.05, 0) is 85.9 Å². The Hall–Kier alpha value is -3.24. The fourth-order valence-corrected chi connectivity index (χ4v) is 5.40. The van der Waals surface area contributed by atoms with E-state index in [4.69, 9.17) is 15.2 Å². The normalized spacial score (nSPS) is 16.6. The van der Waals surface area contributed by atoms with Crippen molar-refractivity contribution in [3.63, 3.8) is 0 Å². The number of nitro benzene ring substituents is 1. The molecule has 2 saturated heterocycles. The Morgan fingerprint density at radius 2 is 1.23 bits per heavy atom. The molecule has 10 nitrogen and oxygen atoms in total. The van der Waals surface area contributed by atoms with Gasteiger partial charge < -0.3 is 34.8 Å². The topological polar surface area (TPSA) is 101 Å². The van der Waals surface area contributed by atoms with Gasteiger partial charge in [0.1, 0.15) is 5.75 Å². The van der Waals surface area contributed by atoms with E-state index >= 15 is 0 Å². The van der Waals surface area contributed by atoms with E-state index in [2.05, 4.69) is 59.9 Å². The minimum absolute atomic E-state index is 0.0313. The number of rotatable bonds is 9. The van der Waals surface area contributed by atoms with Gasteiger partial charge in [-0.3, -0.25) is 10.1 Å². The van der Waals surface area contributed by atoms with Crippen molar-refractivity contribution in [2.75, 3.05) is 83.1 Å². The molecule has 0 atom stereocenters. The highest BCUT2D eigenvalue weighted by Crippen LogP contribution is 2.33. The Labute approximate surface area is 239 Å². The summed E-state index contributed by atoms with van der Waals surface area (Å²) >= 11 is 0. The second-order valence-electron chi connectivity index (χ2n) is 10.9. The number of nitrogen functional groups attached to an aromatic ring is 1. The fraction of sp³-hybridized carbons (Fsp3) is 0.600. The van der Waals surface area contributed by atoms with Crippen molar-refractivity contribution in [3.05, 3.63) is 46.5 Å². The van der Waals surface area contributed by atoms with Gasteiger partial charge in [0.25, 0.3) is 0 Å². The molecule has 0 unspecified atom stereocenters. The zero-order valence-electron chi connectivity index (χ0n) is 25.1. The van der Waals surface area contributed by atoms with Gasteiger partial charge in [-0.25, -0.2) is 0 Å². The molecule has 0 spiro atoms. The third-order valence-electron chi connectivity index (χ3n) is 7.86. The molecule has 0 amide bonds. The number of nitrogens with zero attached hydrogens (tertiary/aromatic N) is 5. The summed E-state index contributed by atoms with van der Waals surface area (Å²) in [5, 5.41) is 11.0. The predicted molar refractivity (Wildman–Crippen MR) is 164 cm³/mol. The van der Waals surface area contributed by atoms with Gasteiger partial charge in [0, 0.05) is 67.8 Å². The van der Waals surface area contributed by atoms with Crippen LogP contribution >= 0.6 is 0 Å². The summed E-state index contributed by atoms with van der Waals surface area (Å²) in [5.41, 5.74) is 8.88. The molecule has 2 heterocycles. The van der Waals surface area contributed by atoms with Crippen LogP contribution in [0.5, 0.6) is 11.5 Å². The van der Waals surface area contributed by atoms with E-state index in [1.54, 1.807) is 12.1 Å². The van der Waals surface area contributed by atoms with Crippen molar-refractivity contribution in [3.8, 4) is 11.5 Å². The summed E-state index contributed by atoms with van der Waals surface area (Å²) in [4.78, 5) is 19.9. The highest BCUT2D eigenvalue weighted by Gasteiger charge is 2.23. The van der Waals surface area contributed by atoms with E-state index in [0.717, 1.165) is 50.5 Å². The Balaban J connectivity index is 0.000000222. The zero-order chi connectivity index (χ0) is 29.2. The molecular weight excluding hydrogens is 508 g/mol. The Kier molecular flexibility index (Phi) is 11.7. The molecule has 0 radical (unpaired) electrons. The first-order valence-corrected chi connectivity index (χ1v) is 14.4. The van der Waals surface area contributed by atoms with Crippen molar-refractivity contribution in [1.82, 2.24) is 9.80 Å². The minimum Gasteiger partial charge on any atom is -0.492 e. The number of ether oxygens (including phenoxy) is 2. The summed E-state index contributed by atoms with van der Waals surface area (Å²) < 4.78 is 11.0. The summed E-state index contributed by atoms with van der Waals surface area (Å²) in [6.07, 6.45) is 4.63. The summed E-state index contributed by atoms with van der Waals surface area (Å²) in [7, 11) is 8.55. The minimum atomic E-state index is -0.396. The molecule has 0 bridgehead atoms. The van der Waals surface area contributed by atoms with Crippen molar-refractivity contribution >= 4 is 22.7 Å². The van der Waals surface area contributed by atoms with Crippen LogP contribution in [0.25, 0.3) is 0 Å². The van der Waals surface area contributed by atoms with Gasteiger partial charge in [0.15, 0.2) is 5.75 Å². The second kappa shape index (κ2) is 14.9. The Bertz CT molecular complexity index is 1080. The Morgan fingerprint density at radius 1 is 0.800 bits per heavy atom. The number of hydrogen-bond donors (Lipinski definition) is 1. The molecule has 2 aromatic carbocycles. The number of hydrogen-bond acceptors (Lipinski definition) is 9. The standard InChI is InChI=1S/C15H23N3O3.C15H25N3O/c1-4-21-15-11-13(5-6-14(15)18(19)20)17-9-7-12(8-10-17)16(2)3;1-4-19-15-11-13(5-6-14(15)16)18-9-7-12(8-10-18)17(2)3/h5-6,11-12H,4,7-10H2,1-3H3;5-6,11-12H,4,7-10,16H2,1-3H3. The summed E-state index contributed by atoms with van der Waals surface area (Å²) in [6.45, 7) is 9.01. The maximum atomic E-state index is 11.0. The van der Waals surface area contributed by atoms with Crippen LogP contribution in [0.3, 0.4) is 0 Å². The van der Waals surface area contributed by atoms with E-state index in [1.165, 1.54) is 18.5 Å². The van der Waals surface area contributed by atoms with Crippen molar-refractivity contribution in [2.45, 2.75) is 51.6 Å². The van der Waals surface area contributed by atoms with E-state index < -0.39 is 4.92 Å². The van der Waals surface area contributed by atoms with Crippen LogP contribution in [-0.2, 0) is 0 Å². The van der Waals surface area contributed by atoms with Crippen LogP contribution in [-0.4, -0.2) is 94.4 Å². The lowest BCUT2D eigenvalue weighted by Crippen LogP contribution is -2.41. The van der Waals surface area contributed by atoms with Crippen LogP contribution in [0.15, 0.2) is 36.4 Å². The highest BCUT2D eigenvalue weighted by molar-refractivity contribution is 5.62. The van der Waals surface area contributed by atoms with Gasteiger partial charge in [0.2, 0.25) is 0 Å². The largest absolute Gasteiger partial charge is 0.492 e. The van der Waals surface area contributed by atoms with E-state index in [1.807, 2.05) is 26.0 Å². The lowest BCUT2D eigenvalue weighted by atomic mass is 10.0. The van der Waals surface area contributed by atoms with Crippen molar-refractivity contribution in [2.24, 2.45) is 0 Å². The average Bonchev–Trinajstić information content (AvgIpc) is 2.95. The van der Waals surface area contributed by atoms with Gasteiger partial charge in [-0.2, -0.15) is 0 Å². The smallest absolute Gasteiger partial charge is 0.311 e. The molecule has 0 aromatic heterocycles. The van der Waals surface area contributed by atoms with Crippen molar-refractivity contribution in [1.29, 1.82) is 0 Å². The predicted octanol–water partition coefficient (Wildman–Crippen LogP) is 4.72. The fourth-order valence-electron chi connectivity index (χ4n) is 5.40. The molecule has 10 heteroatoms. The van der Waals surface area contributed by atoms with E-state index in [0.29, 0.717) is 36.7 Å². The highest BCUT2D eigenvalue weighted by atomic mass is 16.6. The van der Waals surface area contributed by atoms with Gasteiger partial charge in [0.05, 0.1) is 23.8 Å². The molecule has 2 N–H and O–H groups in total. The molecule has 0 aliphatic carbocycles. The maximum absolute atomic E-state index is 11.0. The first-order chi connectivity index (χ1) is 19.1. The molecule has 0 saturated carbocycles. The second-order valence-corrected chi connectivity index (χ2v) is 10.9. The maximum Gasteiger partial charge on any atom is 0.311 e. The SMILES string of the molecule is CCOc1cc(N2CCC(N(C)C)CC2)ccc1N.CCOc1cc(N2CCC(N(C)C)CC2)ccc1[N+](=O)[O-]. The third kappa shape index (κ3) is 8.38. The van der Waals surface area contributed by atoms with Crippen LogP contribution in [0.1, 0.15) is 39.5 Å². The molecule has 40 heavy (non-hydrogen) atoms. The molecule has 2 fully saturated rings. The summed E-state index contributed by atoms with van der Waals surface area (Å²) in [6, 6.07) is 12.6. The van der Waals surface area contributed by atoms with Gasteiger partial charge in [-0.15, -0.1) is 0 Å². The van der Waals surface area contributed by atoms with Crippen molar-refractivity contribution < 1.29 is 14.4 Å². The van der Waals surface area contributed by atoms with E-state index in [9.17, 15) is 10.1 Å². The van der Waals surface area contributed by atoms with Crippen LogP contribution in [0, 0.1) is 10.1 Å². The first-order valence-electron chi connectivity index (χ1n) is 14.4. The number of anilines is 3. The van der Waals surface area contributed by atoms with Crippen LogP contribution in [0.4, 0.5) is 22.7 Å². The molecule has 2 aliphatic heterocycles. The van der Waals surface area contributed by atoms with Gasteiger partial charge in [-0.1, -0.05) is 0 Å². The van der Waals surface area contributed by atoms with E-state index in [-0.39, 0.29) is 5.69 Å². The lowest BCUT2D eigenvalue weighted by molar-refractivity contribution is -0.385. The number of benzene rings is 2. The lowest BCUT2D eigenvalue weighted by Gasteiger charge is -2.36. The first kappa shape index (κ1) is 31.3. The monoisotopic (exact) mass is 556 g/mol. The molecule has 4 rings (SSSR count). The average molecular weight is 557 g/mol. The Morgan fingerprint density at radius 3 is 1.65 bits per heavy atom. The molecular formula is C30H48N6O4. The number of nitro groups is 1. The van der Waals surface area contributed by atoms with Crippen LogP contribution < -0.4 is 25.0 Å².